The Labute approximate surface area is 244 Å². The summed E-state index contributed by atoms with van der Waals surface area (Å²) in [6.07, 6.45) is 2.84. The second-order valence-electron chi connectivity index (χ2n) is 9.12. The number of carbonyl (C=O) groups excluding carboxylic acids is 2. The molecule has 3 heterocycles. The van der Waals surface area contributed by atoms with Crippen LogP contribution in [0.1, 0.15) is 27.6 Å². The van der Waals surface area contributed by atoms with E-state index >= 15 is 0 Å². The first-order valence-corrected chi connectivity index (χ1v) is 12.8. The number of amides is 1. The van der Waals surface area contributed by atoms with Crippen LogP contribution >= 0.6 is 0 Å². The number of ketones is 1. The Balaban J connectivity index is 1.44. The molecule has 0 radical (unpaired) electrons. The molecule has 0 bridgehead atoms. The molecule has 1 amide bonds. The molecule has 0 aliphatic rings. The van der Waals surface area contributed by atoms with Gasteiger partial charge in [-0.25, -0.2) is 9.37 Å². The van der Waals surface area contributed by atoms with Gasteiger partial charge in [0.05, 0.1) is 32.4 Å². The highest BCUT2D eigenvalue weighted by molar-refractivity contribution is 6.09. The van der Waals surface area contributed by atoms with Gasteiger partial charge in [0.2, 0.25) is 0 Å². The van der Waals surface area contributed by atoms with Crippen LogP contribution in [-0.2, 0) is 0 Å². The fraction of sp³-hybridized carbons (Fsp3) is 0.129. The molecular formula is C31H25FN4O7. The van der Waals surface area contributed by atoms with E-state index in [1.54, 1.807) is 42.6 Å². The van der Waals surface area contributed by atoms with E-state index in [9.17, 15) is 18.8 Å². The van der Waals surface area contributed by atoms with Gasteiger partial charge in [0.1, 0.15) is 28.4 Å². The minimum absolute atomic E-state index is 0.00719. The van der Waals surface area contributed by atoms with Crippen LogP contribution in [0.2, 0.25) is 0 Å². The van der Waals surface area contributed by atoms with E-state index in [1.807, 2.05) is 0 Å². The first-order chi connectivity index (χ1) is 20.7. The number of nitrogens with one attached hydrogen (secondary N) is 1. The highest BCUT2D eigenvalue weighted by Gasteiger charge is 2.25. The van der Waals surface area contributed by atoms with Gasteiger partial charge in [-0.05, 0) is 55.5 Å². The molecule has 0 aliphatic heterocycles. The number of carbonyl (C=O) groups is 2. The third-order valence-electron chi connectivity index (χ3n) is 6.44. The van der Waals surface area contributed by atoms with E-state index in [1.165, 1.54) is 58.7 Å². The molecule has 0 unspecified atom stereocenters. The molecule has 2 aromatic carbocycles. The van der Waals surface area contributed by atoms with Gasteiger partial charge in [0, 0.05) is 35.9 Å². The maximum atomic E-state index is 13.5. The lowest BCUT2D eigenvalue weighted by Crippen LogP contribution is -2.30. The highest BCUT2D eigenvalue weighted by atomic mass is 19.1. The van der Waals surface area contributed by atoms with E-state index in [0.717, 1.165) is 4.57 Å². The molecule has 0 saturated carbocycles. The van der Waals surface area contributed by atoms with Gasteiger partial charge in [0.15, 0.2) is 17.3 Å². The summed E-state index contributed by atoms with van der Waals surface area (Å²) in [5.41, 5.74) is 0.451. The summed E-state index contributed by atoms with van der Waals surface area (Å²) in [5.74, 6) is -0.374. The van der Waals surface area contributed by atoms with Crippen LogP contribution < -0.4 is 29.8 Å². The fourth-order valence-electron chi connectivity index (χ4n) is 4.37. The fourth-order valence-corrected chi connectivity index (χ4v) is 4.37. The van der Waals surface area contributed by atoms with Crippen LogP contribution in [0.4, 0.5) is 10.1 Å². The predicted molar refractivity (Wildman–Crippen MR) is 156 cm³/mol. The average Bonchev–Trinajstić information content (AvgIpc) is 3.01. The number of fused-ring (bicyclic) bond motifs is 1. The second-order valence-corrected chi connectivity index (χ2v) is 9.12. The van der Waals surface area contributed by atoms with Crippen molar-refractivity contribution in [1.29, 1.82) is 0 Å². The van der Waals surface area contributed by atoms with E-state index < -0.39 is 28.6 Å². The molecule has 5 aromatic rings. The third-order valence-corrected chi connectivity index (χ3v) is 6.44. The number of rotatable bonds is 9. The van der Waals surface area contributed by atoms with Gasteiger partial charge in [-0.3, -0.25) is 23.9 Å². The summed E-state index contributed by atoms with van der Waals surface area (Å²) in [6.45, 7) is 1.28. The normalized spacial score (nSPS) is 10.7. The van der Waals surface area contributed by atoms with E-state index in [4.69, 9.17) is 18.9 Å². The number of methoxy groups -OCH3 is 3. The molecule has 0 spiro atoms. The number of benzene rings is 2. The Morgan fingerprint density at radius 1 is 0.907 bits per heavy atom. The van der Waals surface area contributed by atoms with Crippen LogP contribution in [0.3, 0.4) is 0 Å². The number of hydrogen-bond donors (Lipinski definition) is 1. The van der Waals surface area contributed by atoms with Gasteiger partial charge < -0.3 is 24.3 Å². The molecule has 218 valence electrons. The molecule has 11 nitrogen and oxygen atoms in total. The lowest BCUT2D eigenvalue weighted by molar-refractivity contribution is 0.101. The van der Waals surface area contributed by atoms with Crippen molar-refractivity contribution >= 4 is 28.4 Å². The van der Waals surface area contributed by atoms with Gasteiger partial charge in [-0.15, -0.1) is 0 Å². The number of anilines is 1. The number of ether oxygens (including phenoxy) is 4. The maximum absolute atomic E-state index is 13.5. The van der Waals surface area contributed by atoms with Gasteiger partial charge in [0.25, 0.3) is 17.3 Å². The largest absolute Gasteiger partial charge is 0.495 e. The Morgan fingerprint density at radius 2 is 1.63 bits per heavy atom. The number of halogens is 1. The SMILES string of the molecule is COc1cc2nccc(Oc3ccc(NC(=O)c4c(OC)c(C(C)=O)cn(-c5ccc(F)cc5)c4=O)cc3)c2nc1OC. The smallest absolute Gasteiger partial charge is 0.271 e. The van der Waals surface area contributed by atoms with Crippen molar-refractivity contribution in [2.45, 2.75) is 6.92 Å². The van der Waals surface area contributed by atoms with Crippen LogP contribution in [0.15, 0.2) is 77.9 Å². The number of aromatic nitrogens is 3. The first kappa shape index (κ1) is 28.7. The molecular weight excluding hydrogens is 559 g/mol. The lowest BCUT2D eigenvalue weighted by Gasteiger charge is -2.16. The third kappa shape index (κ3) is 5.71. The zero-order valence-corrected chi connectivity index (χ0v) is 23.5. The number of hydrogen-bond acceptors (Lipinski definition) is 9. The molecule has 3 aromatic heterocycles. The Kier molecular flexibility index (Phi) is 8.01. The summed E-state index contributed by atoms with van der Waals surface area (Å²) in [4.78, 5) is 48.1. The molecule has 0 fully saturated rings. The average molecular weight is 585 g/mol. The zero-order valence-electron chi connectivity index (χ0n) is 23.5. The quantitative estimate of drug-likeness (QED) is 0.233. The van der Waals surface area contributed by atoms with Crippen molar-refractivity contribution in [3.63, 3.8) is 0 Å². The number of nitrogens with zero attached hydrogens (tertiary/aromatic N) is 3. The maximum Gasteiger partial charge on any atom is 0.271 e. The second kappa shape index (κ2) is 12.0. The van der Waals surface area contributed by atoms with Crippen molar-refractivity contribution in [3.05, 3.63) is 100 Å². The van der Waals surface area contributed by atoms with Crippen molar-refractivity contribution < 1.29 is 32.9 Å². The monoisotopic (exact) mass is 584 g/mol. The molecule has 0 saturated heterocycles. The topological polar surface area (TPSA) is 131 Å². The Bertz CT molecular complexity index is 1910. The number of pyridine rings is 3. The van der Waals surface area contributed by atoms with Crippen LogP contribution in [0.25, 0.3) is 16.7 Å². The van der Waals surface area contributed by atoms with Gasteiger partial charge >= 0.3 is 0 Å². The summed E-state index contributed by atoms with van der Waals surface area (Å²) in [7, 11) is 4.24. The highest BCUT2D eigenvalue weighted by Crippen LogP contribution is 2.34. The number of Topliss-reactive ketones (excluding diaryl/α,β-unsaturated/α-hetero) is 1. The van der Waals surface area contributed by atoms with Crippen LogP contribution in [0.5, 0.6) is 28.9 Å². The molecule has 12 heteroatoms. The van der Waals surface area contributed by atoms with Gasteiger partial charge in [-0.1, -0.05) is 0 Å². The van der Waals surface area contributed by atoms with E-state index in [2.05, 4.69) is 15.3 Å². The molecule has 0 aliphatic carbocycles. The molecule has 0 atom stereocenters. The minimum Gasteiger partial charge on any atom is -0.495 e. The van der Waals surface area contributed by atoms with Crippen molar-refractivity contribution in [1.82, 2.24) is 14.5 Å². The van der Waals surface area contributed by atoms with E-state index in [-0.39, 0.29) is 22.9 Å². The Hall–Kier alpha value is -5.78. The van der Waals surface area contributed by atoms with Crippen molar-refractivity contribution in [3.8, 4) is 34.6 Å². The van der Waals surface area contributed by atoms with Crippen LogP contribution in [-0.4, -0.2) is 47.6 Å². The first-order valence-electron chi connectivity index (χ1n) is 12.8. The molecule has 1 N–H and O–H groups in total. The van der Waals surface area contributed by atoms with Crippen LogP contribution in [0, 0.1) is 5.82 Å². The van der Waals surface area contributed by atoms with Crippen molar-refractivity contribution in [2.24, 2.45) is 0 Å². The summed E-state index contributed by atoms with van der Waals surface area (Å²) < 4.78 is 36.6. The zero-order chi connectivity index (χ0) is 30.7. The lowest BCUT2D eigenvalue weighted by atomic mass is 10.1. The summed E-state index contributed by atoms with van der Waals surface area (Å²) >= 11 is 0. The van der Waals surface area contributed by atoms with Gasteiger partial charge in [-0.2, -0.15) is 0 Å². The summed E-state index contributed by atoms with van der Waals surface area (Å²) in [6, 6.07) is 14.8. The summed E-state index contributed by atoms with van der Waals surface area (Å²) in [5, 5.41) is 2.66. The molecule has 5 rings (SSSR count). The molecule has 43 heavy (non-hydrogen) atoms. The van der Waals surface area contributed by atoms with E-state index in [0.29, 0.717) is 34.0 Å². The predicted octanol–water partition coefficient (Wildman–Crippen LogP) is 5.19. The van der Waals surface area contributed by atoms with Crippen molar-refractivity contribution in [2.75, 3.05) is 26.6 Å². The Morgan fingerprint density at radius 3 is 2.26 bits per heavy atom. The minimum atomic E-state index is -0.806. The standard InChI is InChI=1S/C31H25FN4O7/c1-17(37)22-16-36(20-9-5-18(32)6-10-20)31(39)26(28(22)41-3)29(38)34-19-7-11-21(12-8-19)43-24-13-14-33-23-15-25(40-2)30(42-4)35-27(23)24/h5-16H,1-4H3,(H,34,38).